The SMILES string of the molecule is O=C1CCCC2CC(Cl)CCC12. The molecule has 12 heavy (non-hydrogen) atoms. The van der Waals surface area contributed by atoms with Gasteiger partial charge >= 0.3 is 0 Å². The van der Waals surface area contributed by atoms with E-state index in [-0.39, 0.29) is 0 Å². The van der Waals surface area contributed by atoms with Crippen LogP contribution in [-0.2, 0) is 4.79 Å². The zero-order valence-corrected chi connectivity index (χ0v) is 8.02. The number of ketones is 1. The van der Waals surface area contributed by atoms with Crippen LogP contribution in [0.3, 0.4) is 0 Å². The van der Waals surface area contributed by atoms with E-state index >= 15 is 0 Å². The molecule has 0 saturated heterocycles. The van der Waals surface area contributed by atoms with E-state index in [0.29, 0.717) is 23.0 Å². The number of hydrogen-bond donors (Lipinski definition) is 0. The van der Waals surface area contributed by atoms with Crippen molar-refractivity contribution in [3.63, 3.8) is 0 Å². The van der Waals surface area contributed by atoms with Gasteiger partial charge in [-0.2, -0.15) is 0 Å². The Kier molecular flexibility index (Phi) is 2.40. The maximum Gasteiger partial charge on any atom is 0.136 e. The zero-order valence-electron chi connectivity index (χ0n) is 7.26. The van der Waals surface area contributed by atoms with Gasteiger partial charge in [0.2, 0.25) is 0 Å². The van der Waals surface area contributed by atoms with Crippen molar-refractivity contribution in [1.82, 2.24) is 0 Å². The Bertz CT molecular complexity index is 190. The molecule has 0 bridgehead atoms. The normalized spacial score (nSPS) is 42.4. The van der Waals surface area contributed by atoms with Crippen molar-refractivity contribution in [3.8, 4) is 0 Å². The van der Waals surface area contributed by atoms with Gasteiger partial charge in [0.1, 0.15) is 5.78 Å². The van der Waals surface area contributed by atoms with Gasteiger partial charge in [-0.3, -0.25) is 4.79 Å². The molecule has 0 aromatic rings. The summed E-state index contributed by atoms with van der Waals surface area (Å²) in [5.74, 6) is 1.52. The highest BCUT2D eigenvalue weighted by atomic mass is 35.5. The van der Waals surface area contributed by atoms with E-state index in [2.05, 4.69) is 0 Å². The Morgan fingerprint density at radius 3 is 2.92 bits per heavy atom. The number of carbonyl (C=O) groups excluding carboxylic acids is 1. The first-order valence-corrected chi connectivity index (χ1v) is 5.38. The minimum Gasteiger partial charge on any atom is -0.299 e. The number of carbonyl (C=O) groups is 1. The van der Waals surface area contributed by atoms with Crippen molar-refractivity contribution in [1.29, 1.82) is 0 Å². The van der Waals surface area contributed by atoms with Crippen molar-refractivity contribution in [2.24, 2.45) is 11.8 Å². The van der Waals surface area contributed by atoms with E-state index in [1.54, 1.807) is 0 Å². The molecule has 2 heteroatoms. The monoisotopic (exact) mass is 186 g/mol. The second-order valence-corrected chi connectivity index (χ2v) is 4.75. The van der Waals surface area contributed by atoms with Gasteiger partial charge in [-0.25, -0.2) is 0 Å². The van der Waals surface area contributed by atoms with E-state index in [4.69, 9.17) is 11.6 Å². The molecular formula is C10H15ClO. The van der Waals surface area contributed by atoms with Gasteiger partial charge in [0.15, 0.2) is 0 Å². The Hall–Kier alpha value is -0.0400. The summed E-state index contributed by atoms with van der Waals surface area (Å²) < 4.78 is 0. The summed E-state index contributed by atoms with van der Waals surface area (Å²) >= 11 is 6.07. The van der Waals surface area contributed by atoms with Crippen molar-refractivity contribution < 1.29 is 4.79 Å². The van der Waals surface area contributed by atoms with E-state index in [0.717, 1.165) is 32.1 Å². The van der Waals surface area contributed by atoms with Crippen molar-refractivity contribution in [2.45, 2.75) is 43.9 Å². The largest absolute Gasteiger partial charge is 0.299 e. The molecule has 2 aliphatic rings. The second kappa shape index (κ2) is 3.37. The molecule has 0 amide bonds. The number of Topliss-reactive ketones (excluding diaryl/α,β-unsaturated/α-hetero) is 1. The number of alkyl halides is 1. The molecule has 3 unspecified atom stereocenters. The van der Waals surface area contributed by atoms with Crippen LogP contribution in [-0.4, -0.2) is 11.2 Å². The van der Waals surface area contributed by atoms with Crippen molar-refractivity contribution in [3.05, 3.63) is 0 Å². The number of halogens is 1. The summed E-state index contributed by atoms with van der Waals surface area (Å²) in [5.41, 5.74) is 0. The van der Waals surface area contributed by atoms with Crippen LogP contribution in [0, 0.1) is 11.8 Å². The third-order valence-electron chi connectivity index (χ3n) is 3.33. The Labute approximate surface area is 78.5 Å². The van der Waals surface area contributed by atoms with Gasteiger partial charge in [0.05, 0.1) is 0 Å². The van der Waals surface area contributed by atoms with Crippen LogP contribution in [0.15, 0.2) is 0 Å². The van der Waals surface area contributed by atoms with Gasteiger partial charge in [-0.1, -0.05) is 0 Å². The first-order chi connectivity index (χ1) is 5.77. The molecule has 0 aromatic heterocycles. The van der Waals surface area contributed by atoms with Gasteiger partial charge in [0.25, 0.3) is 0 Å². The summed E-state index contributed by atoms with van der Waals surface area (Å²) in [7, 11) is 0. The lowest BCUT2D eigenvalue weighted by atomic mass is 9.70. The van der Waals surface area contributed by atoms with E-state index in [9.17, 15) is 4.79 Å². The number of fused-ring (bicyclic) bond motifs is 1. The number of hydrogen-bond acceptors (Lipinski definition) is 1. The Morgan fingerprint density at radius 2 is 2.08 bits per heavy atom. The molecule has 0 N–H and O–H groups in total. The lowest BCUT2D eigenvalue weighted by Crippen LogP contribution is -2.34. The highest BCUT2D eigenvalue weighted by Gasteiger charge is 2.36. The molecular weight excluding hydrogens is 172 g/mol. The summed E-state index contributed by atoms with van der Waals surface area (Å²) in [6, 6.07) is 0. The topological polar surface area (TPSA) is 17.1 Å². The molecule has 2 rings (SSSR count). The van der Waals surface area contributed by atoms with Crippen LogP contribution in [0.2, 0.25) is 0 Å². The van der Waals surface area contributed by atoms with Crippen LogP contribution in [0.25, 0.3) is 0 Å². The molecule has 3 atom stereocenters. The summed E-state index contributed by atoms with van der Waals surface area (Å²) in [5, 5.41) is 0.345. The fourth-order valence-electron chi connectivity index (χ4n) is 2.67. The van der Waals surface area contributed by atoms with Crippen molar-refractivity contribution >= 4 is 17.4 Å². The molecule has 2 fully saturated rings. The fourth-order valence-corrected chi connectivity index (χ4v) is 3.03. The summed E-state index contributed by atoms with van der Waals surface area (Å²) in [6.45, 7) is 0. The molecule has 0 radical (unpaired) electrons. The summed E-state index contributed by atoms with van der Waals surface area (Å²) in [4.78, 5) is 11.5. The van der Waals surface area contributed by atoms with Crippen LogP contribution in [0.5, 0.6) is 0 Å². The third-order valence-corrected chi connectivity index (χ3v) is 3.73. The average Bonchev–Trinajstić information content (AvgIpc) is 2.04. The minimum atomic E-state index is 0.345. The van der Waals surface area contributed by atoms with Crippen molar-refractivity contribution in [2.75, 3.05) is 0 Å². The molecule has 0 aliphatic heterocycles. The van der Waals surface area contributed by atoms with Gasteiger partial charge in [-0.05, 0) is 38.0 Å². The van der Waals surface area contributed by atoms with E-state index in [1.807, 2.05) is 0 Å². The van der Waals surface area contributed by atoms with Crippen LogP contribution in [0.4, 0.5) is 0 Å². The second-order valence-electron chi connectivity index (χ2n) is 4.14. The standard InChI is InChI=1S/C10H15ClO/c11-8-4-5-9-7(6-8)2-1-3-10(9)12/h7-9H,1-6H2. The zero-order chi connectivity index (χ0) is 8.55. The lowest BCUT2D eigenvalue weighted by molar-refractivity contribution is -0.127. The van der Waals surface area contributed by atoms with Gasteiger partial charge in [-0.15, -0.1) is 11.6 Å². The number of rotatable bonds is 0. The maximum absolute atomic E-state index is 11.5. The molecule has 0 heterocycles. The molecule has 0 spiro atoms. The smallest absolute Gasteiger partial charge is 0.136 e. The maximum atomic E-state index is 11.5. The van der Waals surface area contributed by atoms with Gasteiger partial charge in [0, 0.05) is 17.7 Å². The van der Waals surface area contributed by atoms with Gasteiger partial charge < -0.3 is 0 Å². The summed E-state index contributed by atoms with van der Waals surface area (Å²) in [6.07, 6.45) is 6.35. The molecule has 1 nitrogen and oxygen atoms in total. The van der Waals surface area contributed by atoms with Crippen LogP contribution in [0.1, 0.15) is 38.5 Å². The van der Waals surface area contributed by atoms with Crippen LogP contribution >= 0.6 is 11.6 Å². The molecule has 0 aromatic carbocycles. The average molecular weight is 187 g/mol. The van der Waals surface area contributed by atoms with E-state index in [1.165, 1.54) is 6.42 Å². The minimum absolute atomic E-state index is 0.345. The highest BCUT2D eigenvalue weighted by Crippen LogP contribution is 2.40. The highest BCUT2D eigenvalue weighted by molar-refractivity contribution is 6.20. The molecule has 68 valence electrons. The van der Waals surface area contributed by atoms with E-state index < -0.39 is 0 Å². The lowest BCUT2D eigenvalue weighted by Gasteiger charge is -2.36. The van der Waals surface area contributed by atoms with Crippen LogP contribution < -0.4 is 0 Å². The first kappa shape index (κ1) is 8.55. The third kappa shape index (κ3) is 1.52. The first-order valence-electron chi connectivity index (χ1n) is 4.94. The fraction of sp³-hybridized carbons (Fsp3) is 0.900. The predicted molar refractivity (Wildman–Crippen MR) is 49.3 cm³/mol. The predicted octanol–water partition coefficient (Wildman–Crippen LogP) is 2.76. The quantitative estimate of drug-likeness (QED) is 0.532. The Morgan fingerprint density at radius 1 is 1.25 bits per heavy atom. The molecule has 2 saturated carbocycles. The Balaban J connectivity index is 2.04. The molecule has 2 aliphatic carbocycles.